The monoisotopic (exact) mass is 327 g/mol. The first-order valence-electron chi connectivity index (χ1n) is 4.22. The standard InChI is InChI=1S/C10H7Br2N3/c11-7-4-2-1-3-6(7)9-5-8(12)10(13)15-14-9/h1-5H,(H2,13,15). The van der Waals surface area contributed by atoms with Crippen LogP contribution in [0.2, 0.25) is 0 Å². The van der Waals surface area contributed by atoms with Crippen LogP contribution >= 0.6 is 31.9 Å². The second kappa shape index (κ2) is 4.28. The second-order valence-electron chi connectivity index (χ2n) is 2.94. The van der Waals surface area contributed by atoms with Gasteiger partial charge in [-0.3, -0.25) is 0 Å². The molecule has 0 bridgehead atoms. The minimum Gasteiger partial charge on any atom is -0.381 e. The van der Waals surface area contributed by atoms with E-state index in [-0.39, 0.29) is 0 Å². The summed E-state index contributed by atoms with van der Waals surface area (Å²) in [5, 5.41) is 7.89. The van der Waals surface area contributed by atoms with Crippen molar-refractivity contribution in [2.75, 3.05) is 5.73 Å². The number of nitrogen functional groups attached to an aromatic ring is 1. The van der Waals surface area contributed by atoms with Gasteiger partial charge in [0.05, 0.1) is 10.2 Å². The van der Waals surface area contributed by atoms with Crippen molar-refractivity contribution in [3.63, 3.8) is 0 Å². The van der Waals surface area contributed by atoms with E-state index < -0.39 is 0 Å². The Kier molecular flexibility index (Phi) is 3.02. The molecule has 0 aliphatic carbocycles. The largest absolute Gasteiger partial charge is 0.381 e. The van der Waals surface area contributed by atoms with Crippen molar-refractivity contribution in [1.29, 1.82) is 0 Å². The highest BCUT2D eigenvalue weighted by Gasteiger charge is 2.06. The molecule has 1 aromatic heterocycles. The van der Waals surface area contributed by atoms with Crippen LogP contribution in [0.15, 0.2) is 39.3 Å². The first-order valence-corrected chi connectivity index (χ1v) is 5.80. The van der Waals surface area contributed by atoms with E-state index in [0.29, 0.717) is 5.82 Å². The highest BCUT2D eigenvalue weighted by molar-refractivity contribution is 9.11. The lowest BCUT2D eigenvalue weighted by Crippen LogP contribution is -1.96. The molecule has 0 aliphatic heterocycles. The van der Waals surface area contributed by atoms with Crippen LogP contribution in [0.25, 0.3) is 11.3 Å². The van der Waals surface area contributed by atoms with E-state index in [9.17, 15) is 0 Å². The number of aromatic nitrogens is 2. The van der Waals surface area contributed by atoms with Gasteiger partial charge in [0.15, 0.2) is 5.82 Å². The Labute approximate surface area is 104 Å². The van der Waals surface area contributed by atoms with Crippen molar-refractivity contribution >= 4 is 37.7 Å². The fourth-order valence-corrected chi connectivity index (χ4v) is 1.96. The molecule has 5 heteroatoms. The molecule has 15 heavy (non-hydrogen) atoms. The van der Waals surface area contributed by atoms with Gasteiger partial charge in [0.2, 0.25) is 0 Å². The minimum atomic E-state index is 0.394. The Balaban J connectivity index is 2.55. The third-order valence-corrected chi connectivity index (χ3v) is 3.25. The smallest absolute Gasteiger partial charge is 0.160 e. The summed E-state index contributed by atoms with van der Waals surface area (Å²) in [5.41, 5.74) is 7.35. The lowest BCUT2D eigenvalue weighted by atomic mass is 10.1. The maximum Gasteiger partial charge on any atom is 0.160 e. The average molecular weight is 329 g/mol. The number of benzene rings is 1. The van der Waals surface area contributed by atoms with Crippen LogP contribution in [0.4, 0.5) is 5.82 Å². The van der Waals surface area contributed by atoms with E-state index in [1.54, 1.807) is 0 Å². The summed E-state index contributed by atoms with van der Waals surface area (Å²) in [7, 11) is 0. The fraction of sp³-hybridized carbons (Fsp3) is 0. The van der Waals surface area contributed by atoms with E-state index in [4.69, 9.17) is 5.73 Å². The van der Waals surface area contributed by atoms with Gasteiger partial charge in [0.1, 0.15) is 0 Å². The molecule has 0 saturated carbocycles. The summed E-state index contributed by atoms with van der Waals surface area (Å²) in [6.45, 7) is 0. The fourth-order valence-electron chi connectivity index (χ4n) is 1.18. The molecule has 1 heterocycles. The van der Waals surface area contributed by atoms with Crippen molar-refractivity contribution in [2.24, 2.45) is 0 Å². The molecule has 0 fully saturated rings. The lowest BCUT2D eigenvalue weighted by molar-refractivity contribution is 1.04. The molecule has 0 unspecified atom stereocenters. The van der Waals surface area contributed by atoms with E-state index in [2.05, 4.69) is 42.1 Å². The van der Waals surface area contributed by atoms with Crippen LogP contribution < -0.4 is 5.73 Å². The molecule has 0 saturated heterocycles. The van der Waals surface area contributed by atoms with Gasteiger partial charge in [-0.25, -0.2) is 0 Å². The Morgan fingerprint density at radius 2 is 1.73 bits per heavy atom. The number of hydrogen-bond acceptors (Lipinski definition) is 3. The van der Waals surface area contributed by atoms with E-state index >= 15 is 0 Å². The van der Waals surface area contributed by atoms with Crippen LogP contribution in [0.3, 0.4) is 0 Å². The molecule has 2 rings (SSSR count). The third-order valence-electron chi connectivity index (χ3n) is 1.92. The Hall–Kier alpha value is -0.940. The van der Waals surface area contributed by atoms with E-state index in [0.717, 1.165) is 20.2 Å². The summed E-state index contributed by atoms with van der Waals surface area (Å²) >= 11 is 6.79. The molecule has 2 aromatic rings. The molecule has 0 radical (unpaired) electrons. The zero-order valence-electron chi connectivity index (χ0n) is 7.61. The van der Waals surface area contributed by atoms with Crippen molar-refractivity contribution in [3.05, 3.63) is 39.3 Å². The highest BCUT2D eigenvalue weighted by atomic mass is 79.9. The molecule has 0 spiro atoms. The molecule has 2 N–H and O–H groups in total. The van der Waals surface area contributed by atoms with Gasteiger partial charge in [-0.05, 0) is 28.1 Å². The summed E-state index contributed by atoms with van der Waals surface area (Å²) < 4.78 is 1.74. The Bertz CT molecular complexity index is 500. The van der Waals surface area contributed by atoms with Crippen LogP contribution in [-0.2, 0) is 0 Å². The van der Waals surface area contributed by atoms with Crippen molar-refractivity contribution in [2.45, 2.75) is 0 Å². The summed E-state index contributed by atoms with van der Waals surface area (Å²) in [5.74, 6) is 0.394. The number of nitrogens with zero attached hydrogens (tertiary/aromatic N) is 2. The van der Waals surface area contributed by atoms with Crippen LogP contribution in [0.1, 0.15) is 0 Å². The molecular weight excluding hydrogens is 322 g/mol. The lowest BCUT2D eigenvalue weighted by Gasteiger charge is -2.03. The topological polar surface area (TPSA) is 51.8 Å². The first-order chi connectivity index (χ1) is 7.18. The van der Waals surface area contributed by atoms with Crippen LogP contribution in [-0.4, -0.2) is 10.2 Å². The Morgan fingerprint density at radius 1 is 1.00 bits per heavy atom. The highest BCUT2D eigenvalue weighted by Crippen LogP contribution is 2.28. The molecule has 1 aromatic carbocycles. The maximum atomic E-state index is 5.57. The third kappa shape index (κ3) is 2.18. The van der Waals surface area contributed by atoms with Crippen molar-refractivity contribution in [3.8, 4) is 11.3 Å². The number of nitrogens with two attached hydrogens (primary N) is 1. The predicted molar refractivity (Wildman–Crippen MR) is 67.3 cm³/mol. The van der Waals surface area contributed by atoms with Gasteiger partial charge in [0.25, 0.3) is 0 Å². The summed E-state index contributed by atoms with van der Waals surface area (Å²) in [6.07, 6.45) is 0. The zero-order valence-corrected chi connectivity index (χ0v) is 10.8. The van der Waals surface area contributed by atoms with Crippen molar-refractivity contribution in [1.82, 2.24) is 10.2 Å². The van der Waals surface area contributed by atoms with E-state index in [1.165, 1.54) is 0 Å². The molecule has 0 amide bonds. The SMILES string of the molecule is Nc1nnc(-c2ccccc2Br)cc1Br. The van der Waals surface area contributed by atoms with Crippen molar-refractivity contribution < 1.29 is 0 Å². The normalized spacial score (nSPS) is 10.3. The quantitative estimate of drug-likeness (QED) is 0.874. The number of hydrogen-bond donors (Lipinski definition) is 1. The predicted octanol–water partition coefficient (Wildman–Crippen LogP) is 3.25. The number of rotatable bonds is 1. The zero-order chi connectivity index (χ0) is 10.8. The molecule has 3 nitrogen and oxygen atoms in total. The minimum absolute atomic E-state index is 0.394. The Morgan fingerprint density at radius 3 is 2.40 bits per heavy atom. The molecule has 76 valence electrons. The average Bonchev–Trinajstić information content (AvgIpc) is 2.23. The van der Waals surface area contributed by atoms with Gasteiger partial charge in [-0.1, -0.05) is 34.1 Å². The molecular formula is C10H7Br2N3. The van der Waals surface area contributed by atoms with Gasteiger partial charge < -0.3 is 5.73 Å². The van der Waals surface area contributed by atoms with E-state index in [1.807, 2.05) is 30.3 Å². The maximum absolute atomic E-state index is 5.57. The first kappa shape index (κ1) is 10.6. The summed E-state index contributed by atoms with van der Waals surface area (Å²) in [4.78, 5) is 0. The van der Waals surface area contributed by atoms with Gasteiger partial charge in [-0.2, -0.15) is 0 Å². The second-order valence-corrected chi connectivity index (χ2v) is 4.65. The molecule has 0 atom stereocenters. The van der Waals surface area contributed by atoms with Gasteiger partial charge in [0, 0.05) is 10.0 Å². The van der Waals surface area contributed by atoms with Crippen LogP contribution in [0.5, 0.6) is 0 Å². The number of anilines is 1. The molecule has 0 aliphatic rings. The number of halogens is 2. The van der Waals surface area contributed by atoms with Gasteiger partial charge in [-0.15, -0.1) is 10.2 Å². The van der Waals surface area contributed by atoms with Gasteiger partial charge >= 0.3 is 0 Å². The van der Waals surface area contributed by atoms with Crippen LogP contribution in [0, 0.1) is 0 Å². The summed E-state index contributed by atoms with van der Waals surface area (Å²) in [6, 6.07) is 9.68.